The van der Waals surface area contributed by atoms with Gasteiger partial charge in [-0.1, -0.05) is 6.07 Å². The second kappa shape index (κ2) is 5.25. The van der Waals surface area contributed by atoms with Crippen LogP contribution < -0.4 is 10.1 Å². The number of halogens is 2. The molecule has 0 saturated carbocycles. The zero-order valence-corrected chi connectivity index (χ0v) is 9.97. The van der Waals surface area contributed by atoms with Crippen molar-refractivity contribution in [1.82, 2.24) is 5.32 Å². The summed E-state index contributed by atoms with van der Waals surface area (Å²) in [7, 11) is 3.02. The summed E-state index contributed by atoms with van der Waals surface area (Å²) < 4.78 is 30.9. The summed E-state index contributed by atoms with van der Waals surface area (Å²) in [5.41, 5.74) is 2.35. The summed E-state index contributed by atoms with van der Waals surface area (Å²) in [5.74, 6) is 0.511. The minimum absolute atomic E-state index is 0.511. The first-order valence-electron chi connectivity index (χ1n) is 5.11. The van der Waals surface area contributed by atoms with Crippen LogP contribution in [0.1, 0.15) is 22.7 Å². The molecule has 1 unspecified atom stereocenters. The van der Waals surface area contributed by atoms with Crippen LogP contribution in [0.25, 0.3) is 0 Å². The predicted molar refractivity (Wildman–Crippen MR) is 60.3 cm³/mol. The zero-order chi connectivity index (χ0) is 12.3. The van der Waals surface area contributed by atoms with Crippen molar-refractivity contribution in [3.63, 3.8) is 0 Å². The van der Waals surface area contributed by atoms with Crippen LogP contribution in [0.3, 0.4) is 0 Å². The molecule has 0 aromatic heterocycles. The molecule has 0 saturated heterocycles. The van der Waals surface area contributed by atoms with Gasteiger partial charge in [0.25, 0.3) is 6.43 Å². The van der Waals surface area contributed by atoms with Crippen molar-refractivity contribution in [2.75, 3.05) is 14.2 Å². The van der Waals surface area contributed by atoms with E-state index in [1.165, 1.54) is 14.2 Å². The Kier molecular flexibility index (Phi) is 4.24. The quantitative estimate of drug-likeness (QED) is 0.857. The van der Waals surface area contributed by atoms with Crippen LogP contribution in [-0.2, 0) is 0 Å². The van der Waals surface area contributed by atoms with Gasteiger partial charge in [0.15, 0.2) is 0 Å². The Bertz CT molecular complexity index is 366. The van der Waals surface area contributed by atoms with Crippen molar-refractivity contribution < 1.29 is 13.5 Å². The van der Waals surface area contributed by atoms with Crippen LogP contribution in [0.5, 0.6) is 5.75 Å². The highest BCUT2D eigenvalue weighted by atomic mass is 19.3. The van der Waals surface area contributed by atoms with Crippen LogP contribution in [0.2, 0.25) is 0 Å². The minimum atomic E-state index is -2.46. The highest BCUT2D eigenvalue weighted by Crippen LogP contribution is 2.32. The Morgan fingerprint density at radius 3 is 2.31 bits per heavy atom. The average Bonchev–Trinajstić information content (AvgIpc) is 2.21. The Morgan fingerprint density at radius 1 is 1.25 bits per heavy atom. The topological polar surface area (TPSA) is 21.3 Å². The molecule has 0 fully saturated rings. The second-order valence-electron chi connectivity index (χ2n) is 3.80. The lowest BCUT2D eigenvalue weighted by Crippen LogP contribution is -2.25. The summed E-state index contributed by atoms with van der Waals surface area (Å²) in [6, 6.07) is 2.66. The highest BCUT2D eigenvalue weighted by Gasteiger charge is 2.25. The molecule has 0 spiro atoms. The number of nitrogens with one attached hydrogen (secondary N) is 1. The molecule has 90 valence electrons. The molecule has 1 rings (SSSR count). The van der Waals surface area contributed by atoms with Gasteiger partial charge in [-0.3, -0.25) is 0 Å². The molecule has 0 aliphatic carbocycles. The van der Waals surface area contributed by atoms with E-state index in [2.05, 4.69) is 5.32 Å². The summed E-state index contributed by atoms with van der Waals surface area (Å²) in [4.78, 5) is 0. The Labute approximate surface area is 94.6 Å². The van der Waals surface area contributed by atoms with Gasteiger partial charge in [0.05, 0.1) is 13.2 Å². The van der Waals surface area contributed by atoms with E-state index < -0.39 is 12.5 Å². The predicted octanol–water partition coefficient (Wildman–Crippen LogP) is 2.84. The van der Waals surface area contributed by atoms with Gasteiger partial charge in [-0.15, -0.1) is 0 Å². The van der Waals surface area contributed by atoms with Crippen LogP contribution >= 0.6 is 0 Å². The summed E-state index contributed by atoms with van der Waals surface area (Å²) in [6.45, 7) is 3.73. The van der Waals surface area contributed by atoms with E-state index in [9.17, 15) is 8.78 Å². The third-order valence-corrected chi connectivity index (χ3v) is 2.59. The first-order valence-corrected chi connectivity index (χ1v) is 5.11. The van der Waals surface area contributed by atoms with E-state index in [0.717, 1.165) is 11.1 Å². The van der Waals surface area contributed by atoms with Crippen molar-refractivity contribution >= 4 is 0 Å². The first kappa shape index (κ1) is 12.9. The third kappa shape index (κ3) is 2.50. The fourth-order valence-corrected chi connectivity index (χ4v) is 1.90. The Morgan fingerprint density at radius 2 is 1.88 bits per heavy atom. The van der Waals surface area contributed by atoms with Gasteiger partial charge in [-0.25, -0.2) is 8.78 Å². The Balaban J connectivity index is 3.29. The van der Waals surface area contributed by atoms with Crippen molar-refractivity contribution in [2.24, 2.45) is 0 Å². The molecule has 0 radical (unpaired) electrons. The number of rotatable bonds is 4. The smallest absolute Gasteiger partial charge is 0.257 e. The third-order valence-electron chi connectivity index (χ3n) is 2.59. The number of alkyl halides is 2. The number of ether oxygens (including phenoxy) is 1. The zero-order valence-electron chi connectivity index (χ0n) is 9.97. The SMILES string of the molecule is CNC(c1c(C)cc(C)cc1OC)C(F)F. The average molecular weight is 229 g/mol. The van der Waals surface area contributed by atoms with E-state index in [-0.39, 0.29) is 0 Å². The molecule has 0 heterocycles. The molecule has 4 heteroatoms. The fourth-order valence-electron chi connectivity index (χ4n) is 1.90. The normalized spacial score (nSPS) is 12.9. The number of hydrogen-bond donors (Lipinski definition) is 1. The summed E-state index contributed by atoms with van der Waals surface area (Å²) in [6.07, 6.45) is -2.46. The number of hydrogen-bond acceptors (Lipinski definition) is 2. The maximum Gasteiger partial charge on any atom is 0.257 e. The largest absolute Gasteiger partial charge is 0.496 e. The molecule has 0 bridgehead atoms. The molecule has 2 nitrogen and oxygen atoms in total. The molecule has 1 aromatic rings. The lowest BCUT2D eigenvalue weighted by Gasteiger charge is -2.21. The maximum atomic E-state index is 12.9. The van der Waals surface area contributed by atoms with E-state index in [1.807, 2.05) is 19.9 Å². The van der Waals surface area contributed by atoms with Gasteiger partial charge in [-0.05, 0) is 38.1 Å². The molecule has 1 atom stereocenters. The molecule has 0 aliphatic heterocycles. The Hall–Kier alpha value is -1.16. The molecule has 1 aromatic carbocycles. The van der Waals surface area contributed by atoms with Crippen molar-refractivity contribution in [2.45, 2.75) is 26.3 Å². The molecular formula is C12H17F2NO. The van der Waals surface area contributed by atoms with Crippen molar-refractivity contribution in [1.29, 1.82) is 0 Å². The lowest BCUT2D eigenvalue weighted by molar-refractivity contribution is 0.101. The van der Waals surface area contributed by atoms with Gasteiger partial charge < -0.3 is 10.1 Å². The van der Waals surface area contributed by atoms with Crippen LogP contribution in [0.15, 0.2) is 12.1 Å². The highest BCUT2D eigenvalue weighted by molar-refractivity contribution is 5.45. The first-order chi connectivity index (χ1) is 7.51. The van der Waals surface area contributed by atoms with E-state index in [1.54, 1.807) is 6.07 Å². The number of aryl methyl sites for hydroxylation is 2. The van der Waals surface area contributed by atoms with Crippen LogP contribution in [-0.4, -0.2) is 20.6 Å². The van der Waals surface area contributed by atoms with E-state index in [0.29, 0.717) is 11.3 Å². The molecule has 0 aliphatic rings. The monoisotopic (exact) mass is 229 g/mol. The van der Waals surface area contributed by atoms with E-state index >= 15 is 0 Å². The van der Waals surface area contributed by atoms with Crippen molar-refractivity contribution in [3.8, 4) is 5.75 Å². The van der Waals surface area contributed by atoms with E-state index in [4.69, 9.17) is 4.74 Å². The number of methoxy groups -OCH3 is 1. The standard InChI is InChI=1S/C12H17F2NO/c1-7-5-8(2)10(9(6-7)16-4)11(15-3)12(13)14/h5-6,11-12,15H,1-4H3. The van der Waals surface area contributed by atoms with Gasteiger partial charge in [0.1, 0.15) is 5.75 Å². The minimum Gasteiger partial charge on any atom is -0.496 e. The lowest BCUT2D eigenvalue weighted by atomic mass is 9.98. The molecule has 1 N–H and O–H groups in total. The van der Waals surface area contributed by atoms with Gasteiger partial charge in [0.2, 0.25) is 0 Å². The van der Waals surface area contributed by atoms with Gasteiger partial charge in [-0.2, -0.15) is 0 Å². The van der Waals surface area contributed by atoms with Gasteiger partial charge >= 0.3 is 0 Å². The maximum absolute atomic E-state index is 12.9. The molecule has 0 amide bonds. The van der Waals surface area contributed by atoms with Crippen molar-refractivity contribution in [3.05, 3.63) is 28.8 Å². The summed E-state index contributed by atoms with van der Waals surface area (Å²) in [5, 5.41) is 2.62. The molecular weight excluding hydrogens is 212 g/mol. The summed E-state index contributed by atoms with van der Waals surface area (Å²) >= 11 is 0. The number of benzene rings is 1. The van der Waals surface area contributed by atoms with Crippen LogP contribution in [0, 0.1) is 13.8 Å². The van der Waals surface area contributed by atoms with Gasteiger partial charge in [0, 0.05) is 5.56 Å². The van der Waals surface area contributed by atoms with Crippen LogP contribution in [0.4, 0.5) is 8.78 Å². The molecule has 16 heavy (non-hydrogen) atoms. The fraction of sp³-hybridized carbons (Fsp3) is 0.500. The second-order valence-corrected chi connectivity index (χ2v) is 3.80.